The Balaban J connectivity index is 1.35. The molecule has 3 aromatic rings. The Kier molecular flexibility index (Phi) is 7.63. The number of alkyl halides is 3. The normalized spacial score (nSPS) is 15.0. The molecule has 1 amide bonds. The molecule has 1 aliphatic heterocycles. The molecular formula is C25H20ClF3N4O4. The van der Waals surface area contributed by atoms with Crippen LogP contribution in [0, 0.1) is 0 Å². The number of pyridine rings is 1. The van der Waals surface area contributed by atoms with Gasteiger partial charge in [-0.1, -0.05) is 23.7 Å². The van der Waals surface area contributed by atoms with Crippen LogP contribution in [0.4, 0.5) is 18.9 Å². The van der Waals surface area contributed by atoms with Gasteiger partial charge in [-0.05, 0) is 48.4 Å². The topological polar surface area (TPSA) is 113 Å². The first-order valence-corrected chi connectivity index (χ1v) is 11.4. The number of hydrogen-bond acceptors (Lipinski definition) is 6. The molecule has 0 radical (unpaired) electrons. The molecule has 2 aromatic carbocycles. The largest absolute Gasteiger partial charge is 0.480 e. The molecule has 0 spiro atoms. The average molecular weight is 533 g/mol. The van der Waals surface area contributed by atoms with Crippen LogP contribution < -0.4 is 15.4 Å². The molecule has 8 nitrogen and oxygen atoms in total. The number of hydrogen-bond donors (Lipinski definition) is 3. The van der Waals surface area contributed by atoms with Crippen molar-refractivity contribution in [3.8, 4) is 11.5 Å². The number of carbonyl (C=O) groups is 2. The number of amides is 1. The van der Waals surface area contributed by atoms with Gasteiger partial charge in [-0.25, -0.2) is 4.79 Å². The van der Waals surface area contributed by atoms with Crippen molar-refractivity contribution in [1.29, 1.82) is 0 Å². The number of amidine groups is 1. The standard InChI is InChI=1S/C25H20ClF3N4O4/c26-19-6-5-15(11-18(19)25(27,28)29)32-22(34)7-4-14-2-1-3-16(10-14)37-17-8-9-30-20(12-17)23-31-13-21(33-23)24(35)36/h1-3,5-6,8-12,21H,4,7,13H2,(H,31,33)(H,32,34)(H,35,36). The molecule has 37 heavy (non-hydrogen) atoms. The van der Waals surface area contributed by atoms with Crippen molar-refractivity contribution in [2.45, 2.75) is 25.1 Å². The number of halogens is 4. The van der Waals surface area contributed by atoms with Gasteiger partial charge in [0.1, 0.15) is 29.1 Å². The molecule has 4 rings (SSSR count). The van der Waals surface area contributed by atoms with Gasteiger partial charge in [0.05, 0.1) is 17.1 Å². The van der Waals surface area contributed by atoms with Crippen LogP contribution in [0.15, 0.2) is 65.8 Å². The van der Waals surface area contributed by atoms with E-state index in [4.69, 9.17) is 21.4 Å². The number of aliphatic imine (C=N–C) groups is 1. The zero-order valence-corrected chi connectivity index (χ0v) is 19.8. The molecule has 0 bridgehead atoms. The maximum atomic E-state index is 13.0. The van der Waals surface area contributed by atoms with E-state index in [9.17, 15) is 22.8 Å². The summed E-state index contributed by atoms with van der Waals surface area (Å²) in [5.74, 6) is -0.153. The lowest BCUT2D eigenvalue weighted by atomic mass is 10.1. The first-order chi connectivity index (χ1) is 17.6. The maximum Gasteiger partial charge on any atom is 0.417 e. The lowest BCUT2D eigenvalue weighted by molar-refractivity contribution is -0.139. The molecule has 1 atom stereocenters. The van der Waals surface area contributed by atoms with Crippen molar-refractivity contribution < 1.29 is 32.6 Å². The number of nitrogens with zero attached hydrogens (tertiary/aromatic N) is 2. The predicted octanol–water partition coefficient (Wildman–Crippen LogP) is 4.92. The van der Waals surface area contributed by atoms with Crippen LogP contribution in [-0.4, -0.2) is 40.4 Å². The van der Waals surface area contributed by atoms with Gasteiger partial charge in [-0.3, -0.25) is 14.8 Å². The zero-order chi connectivity index (χ0) is 26.6. The van der Waals surface area contributed by atoms with Crippen molar-refractivity contribution in [3.63, 3.8) is 0 Å². The second kappa shape index (κ2) is 10.9. The molecular weight excluding hydrogens is 513 g/mol. The summed E-state index contributed by atoms with van der Waals surface area (Å²) in [5.41, 5.74) is 0.196. The van der Waals surface area contributed by atoms with Crippen LogP contribution >= 0.6 is 11.6 Å². The molecule has 12 heteroatoms. The summed E-state index contributed by atoms with van der Waals surface area (Å²) < 4.78 is 45.0. The Bertz CT molecular complexity index is 1360. The van der Waals surface area contributed by atoms with Crippen LogP contribution in [0.2, 0.25) is 5.02 Å². The highest BCUT2D eigenvalue weighted by Crippen LogP contribution is 2.36. The fourth-order valence-corrected chi connectivity index (χ4v) is 3.76. The van der Waals surface area contributed by atoms with Gasteiger partial charge in [0, 0.05) is 24.4 Å². The van der Waals surface area contributed by atoms with E-state index in [-0.39, 0.29) is 18.7 Å². The number of nitrogens with one attached hydrogen (secondary N) is 2. The number of rotatable bonds is 8. The number of aliphatic carboxylic acids is 1. The summed E-state index contributed by atoms with van der Waals surface area (Å²) >= 11 is 5.61. The van der Waals surface area contributed by atoms with E-state index >= 15 is 0 Å². The molecule has 1 aromatic heterocycles. The van der Waals surface area contributed by atoms with Crippen LogP contribution in [0.5, 0.6) is 11.5 Å². The van der Waals surface area contributed by atoms with E-state index in [0.29, 0.717) is 29.4 Å². The Hall–Kier alpha value is -4.12. The van der Waals surface area contributed by atoms with Crippen molar-refractivity contribution in [3.05, 3.63) is 82.6 Å². The number of ether oxygens (including phenoxy) is 1. The van der Waals surface area contributed by atoms with Crippen LogP contribution in [0.3, 0.4) is 0 Å². The van der Waals surface area contributed by atoms with Gasteiger partial charge in [-0.15, -0.1) is 0 Å². The summed E-state index contributed by atoms with van der Waals surface area (Å²) in [6.07, 6.45) is -2.77. The number of anilines is 1. The second-order valence-corrected chi connectivity index (χ2v) is 8.50. The van der Waals surface area contributed by atoms with Gasteiger partial charge in [0.25, 0.3) is 0 Å². The smallest absolute Gasteiger partial charge is 0.417 e. The number of carboxylic acid groups (broad SMARTS) is 1. The summed E-state index contributed by atoms with van der Waals surface area (Å²) in [7, 11) is 0. The third kappa shape index (κ3) is 6.76. The highest BCUT2D eigenvalue weighted by molar-refractivity contribution is 6.31. The molecule has 2 heterocycles. The van der Waals surface area contributed by atoms with Crippen LogP contribution in [0.25, 0.3) is 0 Å². The predicted molar refractivity (Wildman–Crippen MR) is 130 cm³/mol. The van der Waals surface area contributed by atoms with Crippen molar-refractivity contribution in [2.75, 3.05) is 11.9 Å². The van der Waals surface area contributed by atoms with Gasteiger partial charge in [0.15, 0.2) is 0 Å². The minimum Gasteiger partial charge on any atom is -0.480 e. The van der Waals surface area contributed by atoms with E-state index in [1.807, 2.05) is 0 Å². The third-order valence-corrected chi connectivity index (χ3v) is 5.68. The fourth-order valence-electron chi connectivity index (χ4n) is 3.54. The van der Waals surface area contributed by atoms with E-state index in [1.54, 1.807) is 36.4 Å². The minimum absolute atomic E-state index is 0.00309. The van der Waals surface area contributed by atoms with Crippen LogP contribution in [-0.2, 0) is 22.2 Å². The minimum atomic E-state index is -4.63. The molecule has 1 unspecified atom stereocenters. The van der Waals surface area contributed by atoms with Crippen LogP contribution in [0.1, 0.15) is 23.2 Å². The van der Waals surface area contributed by atoms with E-state index in [1.165, 1.54) is 12.3 Å². The van der Waals surface area contributed by atoms with Crippen molar-refractivity contribution >= 4 is 35.0 Å². The summed E-state index contributed by atoms with van der Waals surface area (Å²) in [5, 5.41) is 13.9. The second-order valence-electron chi connectivity index (χ2n) is 8.09. The highest BCUT2D eigenvalue weighted by atomic mass is 35.5. The summed E-state index contributed by atoms with van der Waals surface area (Å²) in [6.45, 7) is 0.106. The van der Waals surface area contributed by atoms with Crippen molar-refractivity contribution in [1.82, 2.24) is 10.3 Å². The number of aromatic nitrogens is 1. The van der Waals surface area contributed by atoms with Gasteiger partial charge >= 0.3 is 12.1 Å². The van der Waals surface area contributed by atoms with Gasteiger partial charge in [-0.2, -0.15) is 13.2 Å². The first kappa shape index (κ1) is 26.0. The fraction of sp³-hybridized carbons (Fsp3) is 0.200. The molecule has 0 saturated heterocycles. The molecule has 1 aliphatic rings. The summed E-state index contributed by atoms with van der Waals surface area (Å²) in [6, 6.07) is 12.7. The Morgan fingerprint density at radius 1 is 1.14 bits per heavy atom. The van der Waals surface area contributed by atoms with E-state index < -0.39 is 34.7 Å². The highest BCUT2D eigenvalue weighted by Gasteiger charge is 2.33. The Morgan fingerprint density at radius 3 is 2.65 bits per heavy atom. The Morgan fingerprint density at radius 2 is 1.92 bits per heavy atom. The molecule has 3 N–H and O–H groups in total. The Labute approximate surface area is 214 Å². The van der Waals surface area contributed by atoms with Gasteiger partial charge in [0.2, 0.25) is 5.91 Å². The van der Waals surface area contributed by atoms with Gasteiger partial charge < -0.3 is 20.5 Å². The third-order valence-electron chi connectivity index (χ3n) is 5.35. The molecule has 192 valence electrons. The van der Waals surface area contributed by atoms with E-state index in [0.717, 1.165) is 17.7 Å². The number of benzene rings is 2. The van der Waals surface area contributed by atoms with E-state index in [2.05, 4.69) is 20.6 Å². The SMILES string of the molecule is O=C(CCc1cccc(Oc2ccnc(C3=NCC(C(=O)O)N3)c2)c1)Nc1ccc(Cl)c(C(F)(F)F)c1. The number of carbonyl (C=O) groups excluding carboxylic acids is 1. The monoisotopic (exact) mass is 532 g/mol. The maximum absolute atomic E-state index is 13.0. The number of aryl methyl sites for hydroxylation is 1. The number of carboxylic acids is 1. The summed E-state index contributed by atoms with van der Waals surface area (Å²) in [4.78, 5) is 31.8. The first-order valence-electron chi connectivity index (χ1n) is 11.0. The quantitative estimate of drug-likeness (QED) is 0.379. The van der Waals surface area contributed by atoms with Crippen molar-refractivity contribution in [2.24, 2.45) is 4.99 Å². The molecule has 0 fully saturated rings. The lowest BCUT2D eigenvalue weighted by Crippen LogP contribution is -2.37. The molecule has 0 saturated carbocycles. The lowest BCUT2D eigenvalue weighted by Gasteiger charge is -2.12. The molecule has 0 aliphatic carbocycles. The average Bonchev–Trinajstić information content (AvgIpc) is 3.35. The zero-order valence-electron chi connectivity index (χ0n) is 19.1.